The van der Waals surface area contributed by atoms with Crippen molar-refractivity contribution in [1.82, 2.24) is 14.8 Å². The lowest BCUT2D eigenvalue weighted by Crippen LogP contribution is -2.35. The Bertz CT molecular complexity index is 664. The molecule has 0 aliphatic carbocycles. The molecule has 3 N–H and O–H groups in total. The molecule has 1 aromatic heterocycles. The number of anilines is 1. The number of hydrogen-bond acceptors (Lipinski definition) is 5. The monoisotopic (exact) mass is 375 g/mol. The standard InChI is InChI=1S/C14H18ClN5OS.ClH/c1-3-4-11(16)13(21)18-9-5-6-12(10(15)7-9)22-14-19-17-8-20(14)2;/h5-8,11H,3-4,16H2,1-2H3,(H,18,21);1H. The first-order chi connectivity index (χ1) is 10.5. The van der Waals surface area contributed by atoms with Gasteiger partial charge in [0.1, 0.15) is 6.33 Å². The molecular weight excluding hydrogens is 357 g/mol. The summed E-state index contributed by atoms with van der Waals surface area (Å²) in [6.45, 7) is 1.99. The number of rotatable bonds is 6. The number of benzene rings is 1. The van der Waals surface area contributed by atoms with Crippen molar-refractivity contribution in [3.63, 3.8) is 0 Å². The van der Waals surface area contributed by atoms with Crippen LogP contribution in [-0.2, 0) is 11.8 Å². The van der Waals surface area contributed by atoms with Crippen LogP contribution in [0.3, 0.4) is 0 Å². The summed E-state index contributed by atoms with van der Waals surface area (Å²) in [6.07, 6.45) is 3.14. The highest BCUT2D eigenvalue weighted by molar-refractivity contribution is 7.99. The van der Waals surface area contributed by atoms with Gasteiger partial charge in [0, 0.05) is 17.6 Å². The second-order valence-corrected chi connectivity index (χ2v) is 6.27. The summed E-state index contributed by atoms with van der Waals surface area (Å²) >= 11 is 7.67. The number of carbonyl (C=O) groups is 1. The van der Waals surface area contributed by atoms with Crippen molar-refractivity contribution in [3.8, 4) is 0 Å². The molecule has 0 fully saturated rings. The van der Waals surface area contributed by atoms with Gasteiger partial charge in [-0.2, -0.15) is 0 Å². The van der Waals surface area contributed by atoms with E-state index in [1.807, 2.05) is 20.0 Å². The molecule has 0 aliphatic heterocycles. The molecule has 1 heterocycles. The molecule has 0 saturated heterocycles. The maximum atomic E-state index is 11.9. The summed E-state index contributed by atoms with van der Waals surface area (Å²) in [7, 11) is 1.86. The molecule has 0 radical (unpaired) electrons. The fraction of sp³-hybridized carbons (Fsp3) is 0.357. The first-order valence-electron chi connectivity index (χ1n) is 6.89. The third-order valence-electron chi connectivity index (χ3n) is 3.01. The van der Waals surface area contributed by atoms with E-state index in [-0.39, 0.29) is 18.3 Å². The van der Waals surface area contributed by atoms with Crippen molar-refractivity contribution in [2.75, 3.05) is 5.32 Å². The summed E-state index contributed by atoms with van der Waals surface area (Å²) in [5, 5.41) is 11.9. The van der Waals surface area contributed by atoms with Gasteiger partial charge in [-0.15, -0.1) is 22.6 Å². The van der Waals surface area contributed by atoms with Crippen LogP contribution in [0.2, 0.25) is 5.02 Å². The average Bonchev–Trinajstić information content (AvgIpc) is 2.87. The topological polar surface area (TPSA) is 85.8 Å². The number of nitrogens with two attached hydrogens (primary N) is 1. The predicted molar refractivity (Wildman–Crippen MR) is 95.3 cm³/mol. The Hall–Kier alpha value is -1.28. The molecular formula is C14H19Cl2N5OS. The van der Waals surface area contributed by atoms with E-state index in [9.17, 15) is 4.79 Å². The van der Waals surface area contributed by atoms with E-state index in [1.165, 1.54) is 11.8 Å². The van der Waals surface area contributed by atoms with Gasteiger partial charge >= 0.3 is 0 Å². The van der Waals surface area contributed by atoms with Gasteiger partial charge in [0.2, 0.25) is 5.91 Å². The lowest BCUT2D eigenvalue weighted by Gasteiger charge is -2.12. The van der Waals surface area contributed by atoms with E-state index in [2.05, 4.69) is 15.5 Å². The number of aryl methyl sites for hydroxylation is 1. The zero-order chi connectivity index (χ0) is 16.1. The van der Waals surface area contributed by atoms with E-state index in [0.717, 1.165) is 16.5 Å². The first-order valence-corrected chi connectivity index (χ1v) is 8.08. The SMILES string of the molecule is CCCC(N)C(=O)Nc1ccc(Sc2nncn2C)c(Cl)c1.Cl. The van der Waals surface area contributed by atoms with Crippen molar-refractivity contribution in [2.24, 2.45) is 12.8 Å². The van der Waals surface area contributed by atoms with Crippen LogP contribution in [0.15, 0.2) is 34.6 Å². The number of halogens is 2. The summed E-state index contributed by atoms with van der Waals surface area (Å²) < 4.78 is 1.81. The van der Waals surface area contributed by atoms with E-state index in [0.29, 0.717) is 17.1 Å². The van der Waals surface area contributed by atoms with Crippen LogP contribution in [0.1, 0.15) is 19.8 Å². The largest absolute Gasteiger partial charge is 0.325 e. The number of nitrogens with one attached hydrogen (secondary N) is 1. The van der Waals surface area contributed by atoms with Crippen molar-refractivity contribution in [1.29, 1.82) is 0 Å². The van der Waals surface area contributed by atoms with Gasteiger partial charge in [-0.25, -0.2) is 0 Å². The summed E-state index contributed by atoms with van der Waals surface area (Å²) in [5.41, 5.74) is 6.41. The normalized spacial score (nSPS) is 11.7. The quantitative estimate of drug-likeness (QED) is 0.809. The lowest BCUT2D eigenvalue weighted by molar-refractivity contribution is -0.117. The summed E-state index contributed by atoms with van der Waals surface area (Å²) in [4.78, 5) is 12.7. The highest BCUT2D eigenvalue weighted by Crippen LogP contribution is 2.33. The number of hydrogen-bond donors (Lipinski definition) is 2. The van der Waals surface area contributed by atoms with Crippen molar-refractivity contribution >= 4 is 47.4 Å². The van der Waals surface area contributed by atoms with Crippen molar-refractivity contribution in [3.05, 3.63) is 29.5 Å². The maximum absolute atomic E-state index is 11.9. The van der Waals surface area contributed by atoms with Gasteiger partial charge in [0.25, 0.3) is 0 Å². The predicted octanol–water partition coefficient (Wildman–Crippen LogP) is 3.11. The molecule has 1 aromatic carbocycles. The Morgan fingerprint density at radius 3 is 2.83 bits per heavy atom. The molecule has 1 unspecified atom stereocenters. The van der Waals surface area contributed by atoms with Crippen LogP contribution < -0.4 is 11.1 Å². The Labute approximate surface area is 150 Å². The number of amides is 1. The van der Waals surface area contributed by atoms with Crippen molar-refractivity contribution in [2.45, 2.75) is 35.9 Å². The van der Waals surface area contributed by atoms with Crippen LogP contribution in [0, 0.1) is 0 Å². The number of nitrogens with zero attached hydrogens (tertiary/aromatic N) is 3. The second-order valence-electron chi connectivity index (χ2n) is 4.86. The molecule has 0 spiro atoms. The lowest BCUT2D eigenvalue weighted by atomic mass is 10.1. The summed E-state index contributed by atoms with van der Waals surface area (Å²) in [5.74, 6) is -0.202. The fourth-order valence-corrected chi connectivity index (χ4v) is 2.87. The van der Waals surface area contributed by atoms with Crippen LogP contribution in [0.5, 0.6) is 0 Å². The molecule has 2 aromatic rings. The molecule has 0 aliphatic rings. The number of carbonyl (C=O) groups excluding carboxylic acids is 1. The van der Waals surface area contributed by atoms with Gasteiger partial charge < -0.3 is 15.6 Å². The highest BCUT2D eigenvalue weighted by Gasteiger charge is 2.13. The Kier molecular flexibility index (Phi) is 7.84. The molecule has 9 heteroatoms. The van der Waals surface area contributed by atoms with Crippen LogP contribution >= 0.6 is 35.8 Å². The number of aromatic nitrogens is 3. The maximum Gasteiger partial charge on any atom is 0.241 e. The average molecular weight is 376 g/mol. The van der Waals surface area contributed by atoms with Crippen molar-refractivity contribution < 1.29 is 4.79 Å². The molecule has 23 heavy (non-hydrogen) atoms. The molecule has 0 bridgehead atoms. The second kappa shape index (κ2) is 9.12. The van der Waals surface area contributed by atoms with Gasteiger partial charge in [0.05, 0.1) is 11.1 Å². The van der Waals surface area contributed by atoms with Crippen LogP contribution in [0.4, 0.5) is 5.69 Å². The van der Waals surface area contributed by atoms with E-state index in [1.54, 1.807) is 23.0 Å². The molecule has 126 valence electrons. The van der Waals surface area contributed by atoms with Crippen LogP contribution in [-0.4, -0.2) is 26.7 Å². The third kappa shape index (κ3) is 5.39. The first kappa shape index (κ1) is 19.8. The molecule has 0 saturated carbocycles. The molecule has 1 amide bonds. The minimum atomic E-state index is -0.503. The van der Waals surface area contributed by atoms with E-state index < -0.39 is 6.04 Å². The zero-order valence-electron chi connectivity index (χ0n) is 12.8. The van der Waals surface area contributed by atoms with Gasteiger partial charge in [-0.3, -0.25) is 4.79 Å². The highest BCUT2D eigenvalue weighted by atomic mass is 35.5. The zero-order valence-corrected chi connectivity index (χ0v) is 15.2. The molecule has 1 atom stereocenters. The Morgan fingerprint density at radius 1 is 1.52 bits per heavy atom. The van der Waals surface area contributed by atoms with E-state index in [4.69, 9.17) is 17.3 Å². The molecule has 6 nitrogen and oxygen atoms in total. The molecule has 2 rings (SSSR count). The Balaban J connectivity index is 0.00000264. The Morgan fingerprint density at radius 2 is 2.26 bits per heavy atom. The smallest absolute Gasteiger partial charge is 0.241 e. The minimum absolute atomic E-state index is 0. The van der Waals surface area contributed by atoms with E-state index >= 15 is 0 Å². The summed E-state index contributed by atoms with van der Waals surface area (Å²) in [6, 6.07) is 4.83. The van der Waals surface area contributed by atoms with Crippen LogP contribution in [0.25, 0.3) is 0 Å². The van der Waals surface area contributed by atoms with Gasteiger partial charge in [-0.1, -0.05) is 24.9 Å². The minimum Gasteiger partial charge on any atom is -0.325 e. The van der Waals surface area contributed by atoms with Gasteiger partial charge in [-0.05, 0) is 36.4 Å². The van der Waals surface area contributed by atoms with Gasteiger partial charge in [0.15, 0.2) is 5.16 Å². The third-order valence-corrected chi connectivity index (χ3v) is 4.56. The fourth-order valence-electron chi connectivity index (χ4n) is 1.80.